The maximum Gasteiger partial charge on any atom is 0.0558 e. The topological polar surface area (TPSA) is 23.5 Å². The average molecular weight is 173 g/mol. The lowest BCUT2D eigenvalue weighted by Crippen LogP contribution is -2.40. The smallest absolute Gasteiger partial charge is 0.0558 e. The van der Waals surface area contributed by atoms with Crippen molar-refractivity contribution in [3.8, 4) is 0 Å². The zero-order valence-electron chi connectivity index (χ0n) is 8.88. The van der Waals surface area contributed by atoms with Crippen LogP contribution in [0.15, 0.2) is 0 Å². The van der Waals surface area contributed by atoms with Crippen LogP contribution >= 0.6 is 0 Å². The fourth-order valence-corrected chi connectivity index (χ4v) is 1.69. The first-order valence-corrected chi connectivity index (χ1v) is 5.00. The third-order valence-corrected chi connectivity index (χ3v) is 2.29. The third-order valence-electron chi connectivity index (χ3n) is 2.29. The van der Waals surface area contributed by atoms with E-state index in [2.05, 4.69) is 32.6 Å². The first-order chi connectivity index (χ1) is 5.63. The number of aliphatic hydroxyl groups excluding tert-OH is 1. The Morgan fingerprint density at radius 3 is 2.17 bits per heavy atom. The minimum absolute atomic E-state index is 0.270. The molecule has 0 radical (unpaired) electrons. The summed E-state index contributed by atoms with van der Waals surface area (Å²) >= 11 is 0. The fourth-order valence-electron chi connectivity index (χ4n) is 1.69. The SMILES string of the molecule is CCCC(C)N(CCO)C(C)C. The van der Waals surface area contributed by atoms with Crippen molar-refractivity contribution in [2.45, 2.75) is 52.6 Å². The highest BCUT2D eigenvalue weighted by Gasteiger charge is 2.14. The van der Waals surface area contributed by atoms with Crippen LogP contribution in [0.3, 0.4) is 0 Å². The Hall–Kier alpha value is -0.0800. The number of hydrogen-bond acceptors (Lipinski definition) is 2. The number of rotatable bonds is 6. The van der Waals surface area contributed by atoms with Gasteiger partial charge in [-0.1, -0.05) is 13.3 Å². The van der Waals surface area contributed by atoms with E-state index in [4.69, 9.17) is 5.11 Å². The molecule has 0 aromatic rings. The molecule has 0 bridgehead atoms. The van der Waals surface area contributed by atoms with Gasteiger partial charge < -0.3 is 5.11 Å². The lowest BCUT2D eigenvalue weighted by molar-refractivity contribution is 0.120. The van der Waals surface area contributed by atoms with Crippen molar-refractivity contribution in [1.29, 1.82) is 0 Å². The molecule has 0 rings (SSSR count). The summed E-state index contributed by atoms with van der Waals surface area (Å²) in [6, 6.07) is 1.14. The largest absolute Gasteiger partial charge is 0.395 e. The van der Waals surface area contributed by atoms with Crippen LogP contribution in [-0.2, 0) is 0 Å². The molecule has 1 unspecified atom stereocenters. The van der Waals surface area contributed by atoms with Crippen molar-refractivity contribution < 1.29 is 5.11 Å². The molecule has 0 aliphatic heterocycles. The molecule has 2 heteroatoms. The Kier molecular flexibility index (Phi) is 6.39. The van der Waals surface area contributed by atoms with E-state index in [1.165, 1.54) is 12.8 Å². The molecule has 12 heavy (non-hydrogen) atoms. The standard InChI is InChI=1S/C10H23NO/c1-5-6-10(4)11(7-8-12)9(2)3/h9-10,12H,5-8H2,1-4H3. The van der Waals surface area contributed by atoms with Gasteiger partial charge >= 0.3 is 0 Å². The zero-order chi connectivity index (χ0) is 9.56. The maximum atomic E-state index is 8.86. The molecule has 0 aliphatic carbocycles. The number of nitrogens with zero attached hydrogens (tertiary/aromatic N) is 1. The van der Waals surface area contributed by atoms with Crippen molar-refractivity contribution in [1.82, 2.24) is 4.90 Å². The van der Waals surface area contributed by atoms with E-state index in [0.29, 0.717) is 12.1 Å². The van der Waals surface area contributed by atoms with Gasteiger partial charge in [-0.15, -0.1) is 0 Å². The fraction of sp³-hybridized carbons (Fsp3) is 1.00. The van der Waals surface area contributed by atoms with Gasteiger partial charge in [0.2, 0.25) is 0 Å². The van der Waals surface area contributed by atoms with Gasteiger partial charge in [0.15, 0.2) is 0 Å². The molecule has 0 saturated carbocycles. The van der Waals surface area contributed by atoms with Crippen molar-refractivity contribution in [3.05, 3.63) is 0 Å². The molecule has 0 heterocycles. The summed E-state index contributed by atoms with van der Waals surface area (Å²) < 4.78 is 0. The monoisotopic (exact) mass is 173 g/mol. The molecular formula is C10H23NO. The van der Waals surface area contributed by atoms with E-state index in [-0.39, 0.29) is 6.61 Å². The van der Waals surface area contributed by atoms with E-state index in [9.17, 15) is 0 Å². The predicted molar refractivity (Wildman–Crippen MR) is 53.3 cm³/mol. The van der Waals surface area contributed by atoms with Gasteiger partial charge in [-0.05, 0) is 27.2 Å². The molecule has 2 nitrogen and oxygen atoms in total. The summed E-state index contributed by atoms with van der Waals surface area (Å²) in [4.78, 5) is 2.35. The molecule has 0 saturated heterocycles. The second kappa shape index (κ2) is 6.44. The number of hydrogen-bond donors (Lipinski definition) is 1. The summed E-state index contributed by atoms with van der Waals surface area (Å²) in [5.74, 6) is 0. The Balaban J connectivity index is 3.90. The normalized spacial score (nSPS) is 14.2. The van der Waals surface area contributed by atoms with Crippen LogP contribution < -0.4 is 0 Å². The van der Waals surface area contributed by atoms with Gasteiger partial charge in [-0.3, -0.25) is 4.90 Å². The zero-order valence-corrected chi connectivity index (χ0v) is 8.88. The van der Waals surface area contributed by atoms with Gasteiger partial charge in [0.05, 0.1) is 6.61 Å². The first kappa shape index (κ1) is 11.9. The van der Waals surface area contributed by atoms with Crippen LogP contribution in [0.1, 0.15) is 40.5 Å². The van der Waals surface area contributed by atoms with Crippen molar-refractivity contribution >= 4 is 0 Å². The Morgan fingerprint density at radius 1 is 1.25 bits per heavy atom. The van der Waals surface area contributed by atoms with Crippen molar-refractivity contribution in [2.75, 3.05) is 13.2 Å². The Morgan fingerprint density at radius 2 is 1.83 bits per heavy atom. The van der Waals surface area contributed by atoms with Crippen LogP contribution in [0.4, 0.5) is 0 Å². The minimum Gasteiger partial charge on any atom is -0.395 e. The minimum atomic E-state index is 0.270. The lowest BCUT2D eigenvalue weighted by Gasteiger charge is -2.31. The molecule has 0 amide bonds. The van der Waals surface area contributed by atoms with Crippen molar-refractivity contribution in [2.24, 2.45) is 0 Å². The van der Waals surface area contributed by atoms with E-state index in [1.807, 2.05) is 0 Å². The highest BCUT2D eigenvalue weighted by molar-refractivity contribution is 4.69. The summed E-state index contributed by atoms with van der Waals surface area (Å²) in [5.41, 5.74) is 0. The molecule has 0 aliphatic rings. The molecule has 0 aromatic heterocycles. The molecule has 0 aromatic carbocycles. The van der Waals surface area contributed by atoms with Crippen LogP contribution in [0.25, 0.3) is 0 Å². The lowest BCUT2D eigenvalue weighted by atomic mass is 10.1. The second-order valence-electron chi connectivity index (χ2n) is 3.69. The predicted octanol–water partition coefficient (Wildman–Crippen LogP) is 1.88. The molecule has 74 valence electrons. The highest BCUT2D eigenvalue weighted by Crippen LogP contribution is 2.09. The second-order valence-corrected chi connectivity index (χ2v) is 3.69. The maximum absolute atomic E-state index is 8.86. The van der Waals surface area contributed by atoms with E-state index in [1.54, 1.807) is 0 Å². The third kappa shape index (κ3) is 4.07. The van der Waals surface area contributed by atoms with Gasteiger partial charge in [0.25, 0.3) is 0 Å². The van der Waals surface area contributed by atoms with Gasteiger partial charge in [0.1, 0.15) is 0 Å². The van der Waals surface area contributed by atoms with Crippen LogP contribution in [-0.4, -0.2) is 35.2 Å². The first-order valence-electron chi connectivity index (χ1n) is 5.00. The summed E-state index contributed by atoms with van der Waals surface area (Å²) in [7, 11) is 0. The highest BCUT2D eigenvalue weighted by atomic mass is 16.3. The number of aliphatic hydroxyl groups is 1. The Labute approximate surface area is 76.6 Å². The van der Waals surface area contributed by atoms with E-state index in [0.717, 1.165) is 6.54 Å². The molecule has 1 N–H and O–H groups in total. The van der Waals surface area contributed by atoms with Gasteiger partial charge in [-0.2, -0.15) is 0 Å². The quantitative estimate of drug-likeness (QED) is 0.663. The van der Waals surface area contributed by atoms with E-state index >= 15 is 0 Å². The van der Waals surface area contributed by atoms with Crippen LogP contribution in [0.5, 0.6) is 0 Å². The van der Waals surface area contributed by atoms with Gasteiger partial charge in [-0.25, -0.2) is 0 Å². The summed E-state index contributed by atoms with van der Waals surface area (Å²) in [5, 5.41) is 8.86. The molecule has 0 spiro atoms. The average Bonchev–Trinajstić information content (AvgIpc) is 1.99. The van der Waals surface area contributed by atoms with E-state index < -0.39 is 0 Å². The molecule has 0 fully saturated rings. The van der Waals surface area contributed by atoms with Crippen molar-refractivity contribution in [3.63, 3.8) is 0 Å². The molecular weight excluding hydrogens is 150 g/mol. The molecule has 1 atom stereocenters. The van der Waals surface area contributed by atoms with Crippen LogP contribution in [0, 0.1) is 0 Å². The summed E-state index contributed by atoms with van der Waals surface area (Å²) in [6.45, 7) is 9.88. The summed E-state index contributed by atoms with van der Waals surface area (Å²) in [6.07, 6.45) is 2.44. The van der Waals surface area contributed by atoms with Crippen LogP contribution in [0.2, 0.25) is 0 Å². The Bertz CT molecular complexity index is 104. The van der Waals surface area contributed by atoms with Gasteiger partial charge in [0, 0.05) is 18.6 Å².